The summed E-state index contributed by atoms with van der Waals surface area (Å²) in [4.78, 5) is 0. The molecule has 5 heteroatoms. The third kappa shape index (κ3) is 0.559. The van der Waals surface area contributed by atoms with Crippen LogP contribution in [-0.2, 0) is 0 Å². The summed E-state index contributed by atoms with van der Waals surface area (Å²) in [6.07, 6.45) is 0. The summed E-state index contributed by atoms with van der Waals surface area (Å²) in [5.74, 6) is 0. The van der Waals surface area contributed by atoms with Crippen LogP contribution in [-0.4, -0.2) is 5.66 Å². The van der Waals surface area contributed by atoms with Crippen molar-refractivity contribution in [1.82, 2.24) is 0 Å². The lowest BCUT2D eigenvalue weighted by Crippen LogP contribution is -2.10. The van der Waals surface area contributed by atoms with Crippen molar-refractivity contribution in [2.45, 2.75) is 12.6 Å². The normalized spacial score (nSPS) is 21.0. The van der Waals surface area contributed by atoms with Gasteiger partial charge in [0.05, 0.1) is 0 Å². The molecule has 1 aliphatic rings. The third-order valence-electron chi connectivity index (χ3n) is 0.731. The van der Waals surface area contributed by atoms with Crippen molar-refractivity contribution < 1.29 is 0 Å². The molecule has 0 saturated heterocycles. The molecule has 40 valence electrons. The van der Waals surface area contributed by atoms with Crippen LogP contribution in [0.4, 0.5) is 0 Å². The highest BCUT2D eigenvalue weighted by atomic mass is 15.6. The Balaban J connectivity index is 2.89. The number of hydrogen-bond donors (Lipinski definition) is 0. The molecule has 8 heavy (non-hydrogen) atoms. The average molecular weight is 109 g/mol. The monoisotopic (exact) mass is 109 g/mol. The molecule has 0 spiro atoms. The topological polar surface area (TPSA) is 73.2 Å². The first-order chi connectivity index (χ1) is 3.77. The maximum atomic E-state index is 8.27. The molecule has 1 heterocycles. The molecular weight excluding hydrogens is 106 g/mol. The Morgan fingerprint density at radius 3 is 2.12 bits per heavy atom. The van der Waals surface area contributed by atoms with Crippen LogP contribution in [0, 0.1) is 11.3 Å². The van der Waals surface area contributed by atoms with Crippen molar-refractivity contribution in [1.29, 1.82) is 5.26 Å². The zero-order chi connectivity index (χ0) is 6.04. The van der Waals surface area contributed by atoms with Crippen molar-refractivity contribution >= 4 is 0 Å². The van der Waals surface area contributed by atoms with Crippen LogP contribution < -0.4 is 0 Å². The molecule has 0 fully saturated rings. The van der Waals surface area contributed by atoms with Crippen molar-refractivity contribution in [2.75, 3.05) is 0 Å². The van der Waals surface area contributed by atoms with E-state index in [1.54, 1.807) is 0 Å². The Kier molecular flexibility index (Phi) is 0.806. The van der Waals surface area contributed by atoms with Crippen LogP contribution in [0.25, 0.3) is 0 Å². The zero-order valence-corrected chi connectivity index (χ0v) is 4.24. The quantitative estimate of drug-likeness (QED) is 0.458. The zero-order valence-electron chi connectivity index (χ0n) is 4.24. The summed E-state index contributed by atoms with van der Waals surface area (Å²) < 4.78 is 0. The van der Waals surface area contributed by atoms with E-state index in [4.69, 9.17) is 5.26 Å². The fraction of sp³-hybridized carbons (Fsp3) is 0.667. The van der Waals surface area contributed by atoms with E-state index in [1.807, 2.05) is 6.07 Å². The second-order valence-electron chi connectivity index (χ2n) is 1.51. The molecule has 0 aromatic rings. The Bertz CT molecular complexity index is 172. The largest absolute Gasteiger partial charge is 0.276 e. The third-order valence-corrected chi connectivity index (χ3v) is 0.731. The highest BCUT2D eigenvalue weighted by molar-refractivity contribution is 5.01. The van der Waals surface area contributed by atoms with Crippen LogP contribution in [0.5, 0.6) is 0 Å². The van der Waals surface area contributed by atoms with Gasteiger partial charge in [-0.1, -0.05) is 0 Å². The molecule has 0 N–H and O–H groups in total. The van der Waals surface area contributed by atoms with Crippen molar-refractivity contribution in [3.63, 3.8) is 0 Å². The first kappa shape index (κ1) is 4.84. The minimum Gasteiger partial charge on any atom is -0.193 e. The van der Waals surface area contributed by atoms with E-state index >= 15 is 0 Å². The summed E-state index contributed by atoms with van der Waals surface area (Å²) in [6, 6.07) is 1.82. The minimum atomic E-state index is -1.04. The van der Waals surface area contributed by atoms with Gasteiger partial charge in [-0.05, 0) is 17.4 Å². The van der Waals surface area contributed by atoms with Gasteiger partial charge in [0.2, 0.25) is 0 Å². The SMILES string of the molecule is CC1(C#N)N=NN=N1. The molecule has 1 rings (SSSR count). The fourth-order valence-corrected chi connectivity index (χ4v) is 0.279. The molecule has 0 saturated carbocycles. The molecule has 0 unspecified atom stereocenters. The predicted octanol–water partition coefficient (Wildman–Crippen LogP) is 1.06. The molecule has 0 aromatic carbocycles. The van der Waals surface area contributed by atoms with Gasteiger partial charge in [0.15, 0.2) is 0 Å². The number of rotatable bonds is 0. The van der Waals surface area contributed by atoms with Gasteiger partial charge in [0, 0.05) is 0 Å². The Labute approximate surface area is 45.7 Å². The second kappa shape index (κ2) is 1.33. The van der Waals surface area contributed by atoms with Gasteiger partial charge in [-0.15, -0.1) is 10.2 Å². The fourth-order valence-electron chi connectivity index (χ4n) is 0.279. The molecule has 0 radical (unpaired) electrons. The molecule has 1 aliphatic heterocycles. The van der Waals surface area contributed by atoms with E-state index in [2.05, 4.69) is 20.7 Å². The van der Waals surface area contributed by atoms with Gasteiger partial charge in [-0.25, -0.2) is 0 Å². The van der Waals surface area contributed by atoms with Crippen molar-refractivity contribution in [3.8, 4) is 6.07 Å². The molecule has 0 amide bonds. The number of nitriles is 1. The van der Waals surface area contributed by atoms with E-state index in [-0.39, 0.29) is 0 Å². The van der Waals surface area contributed by atoms with Crippen LogP contribution in [0.1, 0.15) is 6.92 Å². The molecule has 0 atom stereocenters. The van der Waals surface area contributed by atoms with E-state index in [0.29, 0.717) is 0 Å². The molecule has 0 aliphatic carbocycles. The Morgan fingerprint density at radius 2 is 1.88 bits per heavy atom. The summed E-state index contributed by atoms with van der Waals surface area (Å²) in [5, 5.41) is 21.4. The van der Waals surface area contributed by atoms with E-state index < -0.39 is 5.66 Å². The Hall–Kier alpha value is -1.31. The summed E-state index contributed by atoms with van der Waals surface area (Å²) in [7, 11) is 0. The lowest BCUT2D eigenvalue weighted by molar-refractivity contribution is 0.628. The van der Waals surface area contributed by atoms with Gasteiger partial charge in [0.25, 0.3) is 5.66 Å². The van der Waals surface area contributed by atoms with Gasteiger partial charge >= 0.3 is 0 Å². The van der Waals surface area contributed by atoms with Crippen LogP contribution in [0.15, 0.2) is 20.7 Å². The van der Waals surface area contributed by atoms with Gasteiger partial charge in [-0.3, -0.25) is 0 Å². The van der Waals surface area contributed by atoms with E-state index in [9.17, 15) is 0 Å². The first-order valence-corrected chi connectivity index (χ1v) is 2.02. The van der Waals surface area contributed by atoms with Crippen LogP contribution >= 0.6 is 0 Å². The number of nitrogens with zero attached hydrogens (tertiary/aromatic N) is 5. The smallest absolute Gasteiger partial charge is 0.193 e. The lowest BCUT2D eigenvalue weighted by Gasteiger charge is -1.96. The first-order valence-electron chi connectivity index (χ1n) is 2.02. The average Bonchev–Trinajstić information content (AvgIpc) is 2.17. The molecule has 5 nitrogen and oxygen atoms in total. The summed E-state index contributed by atoms with van der Waals surface area (Å²) in [5.41, 5.74) is -1.04. The molecule has 0 bridgehead atoms. The highest BCUT2D eigenvalue weighted by Crippen LogP contribution is 2.16. The Morgan fingerprint density at radius 1 is 1.38 bits per heavy atom. The summed E-state index contributed by atoms with van der Waals surface area (Å²) in [6.45, 7) is 1.53. The standard InChI is InChI=1S/C3H3N5/c1-3(2-4)5-7-8-6-3/h1H3. The van der Waals surface area contributed by atoms with Gasteiger partial charge in [0.1, 0.15) is 6.07 Å². The number of hydrogen-bond acceptors (Lipinski definition) is 5. The predicted molar refractivity (Wildman–Crippen MR) is 23.7 cm³/mol. The second-order valence-corrected chi connectivity index (χ2v) is 1.51. The maximum Gasteiger partial charge on any atom is 0.276 e. The highest BCUT2D eigenvalue weighted by Gasteiger charge is 2.25. The van der Waals surface area contributed by atoms with Crippen LogP contribution in [0.2, 0.25) is 0 Å². The maximum absolute atomic E-state index is 8.27. The molecular formula is C3H3N5. The lowest BCUT2D eigenvalue weighted by atomic mass is 10.3. The van der Waals surface area contributed by atoms with Crippen molar-refractivity contribution in [3.05, 3.63) is 0 Å². The molecule has 0 aromatic heterocycles. The van der Waals surface area contributed by atoms with Crippen LogP contribution in [0.3, 0.4) is 0 Å². The van der Waals surface area contributed by atoms with Gasteiger partial charge in [-0.2, -0.15) is 5.26 Å². The van der Waals surface area contributed by atoms with E-state index in [0.717, 1.165) is 0 Å². The summed E-state index contributed by atoms with van der Waals surface area (Å²) >= 11 is 0. The van der Waals surface area contributed by atoms with Crippen molar-refractivity contribution in [2.24, 2.45) is 20.7 Å². The van der Waals surface area contributed by atoms with Gasteiger partial charge < -0.3 is 0 Å². The minimum absolute atomic E-state index is 1.04. The van der Waals surface area contributed by atoms with E-state index in [1.165, 1.54) is 6.92 Å².